The number of nitro benzene ring substituents is 1. The van der Waals surface area contributed by atoms with Gasteiger partial charge < -0.3 is 9.64 Å². The number of imide groups is 1. The normalized spacial score (nSPS) is 23.5. The van der Waals surface area contributed by atoms with Crippen molar-refractivity contribution in [1.82, 2.24) is 0 Å². The van der Waals surface area contributed by atoms with Crippen LogP contribution in [0, 0.1) is 22.0 Å². The molecule has 9 heteroatoms. The Labute approximate surface area is 211 Å². The van der Waals surface area contributed by atoms with Crippen molar-refractivity contribution in [2.24, 2.45) is 11.8 Å². The lowest BCUT2D eigenvalue weighted by Crippen LogP contribution is -2.48. The van der Waals surface area contributed by atoms with Gasteiger partial charge >= 0.3 is 0 Å². The van der Waals surface area contributed by atoms with Crippen molar-refractivity contribution >= 4 is 40.7 Å². The van der Waals surface area contributed by atoms with Crippen molar-refractivity contribution in [3.8, 4) is 5.75 Å². The predicted octanol–water partition coefficient (Wildman–Crippen LogP) is 3.88. The summed E-state index contributed by atoms with van der Waals surface area (Å²) in [6.07, 6.45) is 3.80. The van der Waals surface area contributed by atoms with Gasteiger partial charge in [0, 0.05) is 23.4 Å². The molecule has 3 aromatic carbocycles. The van der Waals surface area contributed by atoms with Crippen LogP contribution in [0.1, 0.15) is 15.9 Å². The molecule has 0 unspecified atom stereocenters. The van der Waals surface area contributed by atoms with Gasteiger partial charge in [0.25, 0.3) is 5.69 Å². The van der Waals surface area contributed by atoms with Gasteiger partial charge in [0.05, 0.1) is 35.6 Å². The summed E-state index contributed by atoms with van der Waals surface area (Å²) in [6, 6.07) is 18.2. The van der Waals surface area contributed by atoms with Crippen molar-refractivity contribution in [1.29, 1.82) is 0 Å². The van der Waals surface area contributed by atoms with Crippen molar-refractivity contribution < 1.29 is 24.0 Å². The zero-order valence-electron chi connectivity index (χ0n) is 19.7. The molecular formula is C28H21N3O6. The number of carbonyl (C=O) groups excluding carboxylic acids is 3. The number of carbonyl (C=O) groups is 3. The molecule has 3 aromatic rings. The molecule has 3 aliphatic heterocycles. The Morgan fingerprint density at radius 3 is 2.27 bits per heavy atom. The van der Waals surface area contributed by atoms with Gasteiger partial charge in [-0.15, -0.1) is 0 Å². The van der Waals surface area contributed by atoms with Gasteiger partial charge in [0.15, 0.2) is 5.78 Å². The summed E-state index contributed by atoms with van der Waals surface area (Å²) in [7, 11) is 1.54. The Bertz CT molecular complexity index is 1480. The molecule has 0 saturated carbocycles. The number of nitro groups is 1. The minimum absolute atomic E-state index is 0.145. The number of rotatable bonds is 5. The number of para-hydroxylation sites is 1. The van der Waals surface area contributed by atoms with Crippen LogP contribution in [-0.2, 0) is 9.59 Å². The first kappa shape index (κ1) is 22.7. The standard InChI is InChI=1S/C28H21N3O6/c1-37-20-13-6-17(7-14-20)26(32)25-24-23(22-15-8-16-4-2-3-5-21(16)30(22)25)27(33)29(28(24)34)18-9-11-19(12-10-18)31(35)36/h2-15,22-25H,1H3/t22-,23-,24-,25+/m1/s1. The molecule has 0 aliphatic carbocycles. The summed E-state index contributed by atoms with van der Waals surface area (Å²) in [4.78, 5) is 55.1. The number of ketones is 1. The zero-order valence-corrected chi connectivity index (χ0v) is 19.7. The summed E-state index contributed by atoms with van der Waals surface area (Å²) in [5, 5.41) is 11.1. The number of benzene rings is 3. The second-order valence-corrected chi connectivity index (χ2v) is 9.19. The number of amides is 2. The highest BCUT2D eigenvalue weighted by Gasteiger charge is 2.64. The van der Waals surface area contributed by atoms with Crippen molar-refractivity contribution in [2.75, 3.05) is 16.9 Å². The average Bonchev–Trinajstić information content (AvgIpc) is 3.41. The van der Waals surface area contributed by atoms with E-state index in [4.69, 9.17) is 4.74 Å². The highest BCUT2D eigenvalue weighted by molar-refractivity contribution is 6.25. The van der Waals surface area contributed by atoms with E-state index < -0.39 is 40.7 Å². The lowest BCUT2D eigenvalue weighted by molar-refractivity contribution is -0.384. The van der Waals surface area contributed by atoms with Crippen LogP contribution >= 0.6 is 0 Å². The molecule has 0 N–H and O–H groups in total. The molecule has 2 fully saturated rings. The van der Waals surface area contributed by atoms with E-state index in [1.54, 1.807) is 24.3 Å². The van der Waals surface area contributed by atoms with E-state index >= 15 is 0 Å². The minimum atomic E-state index is -0.918. The number of methoxy groups -OCH3 is 1. The second kappa shape index (κ2) is 8.41. The number of nitrogens with zero attached hydrogens (tertiary/aromatic N) is 3. The van der Waals surface area contributed by atoms with Crippen LogP contribution in [-0.4, -0.2) is 41.7 Å². The summed E-state index contributed by atoms with van der Waals surface area (Å²) < 4.78 is 5.22. The van der Waals surface area contributed by atoms with E-state index in [0.29, 0.717) is 11.3 Å². The van der Waals surface area contributed by atoms with E-state index in [-0.39, 0.29) is 17.2 Å². The first-order valence-electron chi connectivity index (χ1n) is 11.8. The highest BCUT2D eigenvalue weighted by atomic mass is 16.6. The number of ether oxygens (including phenoxy) is 1. The summed E-state index contributed by atoms with van der Waals surface area (Å²) >= 11 is 0. The third-order valence-corrected chi connectivity index (χ3v) is 7.38. The van der Waals surface area contributed by atoms with E-state index in [1.165, 1.54) is 31.4 Å². The maximum absolute atomic E-state index is 14.0. The minimum Gasteiger partial charge on any atom is -0.497 e. The summed E-state index contributed by atoms with van der Waals surface area (Å²) in [5.41, 5.74) is 2.20. The molecule has 0 bridgehead atoms. The maximum atomic E-state index is 14.0. The monoisotopic (exact) mass is 495 g/mol. The van der Waals surface area contributed by atoms with Crippen molar-refractivity contribution in [3.05, 3.63) is 100 Å². The second-order valence-electron chi connectivity index (χ2n) is 9.19. The van der Waals surface area contributed by atoms with Crippen LogP contribution in [0.4, 0.5) is 17.1 Å². The van der Waals surface area contributed by atoms with E-state index in [9.17, 15) is 24.5 Å². The third kappa shape index (κ3) is 3.35. The SMILES string of the molecule is COc1ccc(C(=O)[C@@H]2[C@@H]3C(=O)N(c4ccc([N+](=O)[O-])cc4)C(=O)[C@@H]3[C@H]3C=Cc4ccccc4N32)cc1. The fraction of sp³-hybridized carbons (Fsp3) is 0.179. The largest absolute Gasteiger partial charge is 0.497 e. The molecule has 0 radical (unpaired) electrons. The number of Topliss-reactive ketones (excluding diaryl/α,β-unsaturated/α-hetero) is 1. The molecule has 0 spiro atoms. The van der Waals surface area contributed by atoms with Gasteiger partial charge in [-0.3, -0.25) is 24.5 Å². The Morgan fingerprint density at radius 2 is 1.59 bits per heavy atom. The van der Waals surface area contributed by atoms with Gasteiger partial charge in [-0.1, -0.05) is 30.4 Å². The number of fused-ring (bicyclic) bond motifs is 5. The van der Waals surface area contributed by atoms with Crippen LogP contribution in [0.25, 0.3) is 6.08 Å². The topological polar surface area (TPSA) is 110 Å². The first-order chi connectivity index (χ1) is 17.9. The van der Waals surface area contributed by atoms with Gasteiger partial charge in [-0.2, -0.15) is 0 Å². The lowest BCUT2D eigenvalue weighted by atomic mass is 9.86. The predicted molar refractivity (Wildman–Crippen MR) is 135 cm³/mol. The third-order valence-electron chi connectivity index (χ3n) is 7.38. The van der Waals surface area contributed by atoms with E-state index in [2.05, 4.69) is 0 Å². The summed E-state index contributed by atoms with van der Waals surface area (Å²) in [6.45, 7) is 0. The Kier molecular flexibility index (Phi) is 5.15. The van der Waals surface area contributed by atoms with Crippen LogP contribution < -0.4 is 14.5 Å². The van der Waals surface area contributed by atoms with Crippen LogP contribution in [0.15, 0.2) is 78.9 Å². The van der Waals surface area contributed by atoms with Gasteiger partial charge in [0.2, 0.25) is 11.8 Å². The first-order valence-corrected chi connectivity index (χ1v) is 11.8. The van der Waals surface area contributed by atoms with Crippen molar-refractivity contribution in [2.45, 2.75) is 12.1 Å². The average molecular weight is 495 g/mol. The number of non-ortho nitro benzene ring substituents is 1. The molecule has 3 aliphatic rings. The van der Waals surface area contributed by atoms with Crippen LogP contribution in [0.2, 0.25) is 0 Å². The van der Waals surface area contributed by atoms with Crippen LogP contribution in [0.5, 0.6) is 5.75 Å². The smallest absolute Gasteiger partial charge is 0.269 e. The molecule has 184 valence electrons. The molecule has 3 heterocycles. The molecular weight excluding hydrogens is 474 g/mol. The van der Waals surface area contributed by atoms with Crippen LogP contribution in [0.3, 0.4) is 0 Å². The molecule has 0 aromatic heterocycles. The number of hydrogen-bond acceptors (Lipinski definition) is 7. The maximum Gasteiger partial charge on any atom is 0.269 e. The van der Waals surface area contributed by atoms with Gasteiger partial charge in [-0.05, 0) is 48.0 Å². The lowest BCUT2D eigenvalue weighted by Gasteiger charge is -2.36. The molecule has 9 nitrogen and oxygen atoms in total. The molecule has 2 saturated heterocycles. The zero-order chi connectivity index (χ0) is 25.8. The van der Waals surface area contributed by atoms with E-state index in [1.807, 2.05) is 41.3 Å². The number of anilines is 2. The molecule has 37 heavy (non-hydrogen) atoms. The summed E-state index contributed by atoms with van der Waals surface area (Å²) in [5.74, 6) is -2.28. The fourth-order valence-electron chi connectivity index (χ4n) is 5.72. The van der Waals surface area contributed by atoms with Gasteiger partial charge in [-0.25, -0.2) is 4.90 Å². The van der Waals surface area contributed by atoms with E-state index in [0.717, 1.165) is 16.2 Å². The Morgan fingerprint density at radius 1 is 0.919 bits per heavy atom. The highest BCUT2D eigenvalue weighted by Crippen LogP contribution is 2.49. The Hall–Kier alpha value is -4.79. The number of hydrogen-bond donors (Lipinski definition) is 0. The quantitative estimate of drug-likeness (QED) is 0.229. The van der Waals surface area contributed by atoms with Crippen molar-refractivity contribution in [3.63, 3.8) is 0 Å². The molecule has 4 atom stereocenters. The molecule has 6 rings (SSSR count). The fourth-order valence-corrected chi connectivity index (χ4v) is 5.72. The van der Waals surface area contributed by atoms with Gasteiger partial charge in [0.1, 0.15) is 11.8 Å². The molecule has 2 amide bonds. The Balaban J connectivity index is 1.45.